The van der Waals surface area contributed by atoms with E-state index in [-0.39, 0.29) is 12.6 Å². The molecule has 1 atom stereocenters. The van der Waals surface area contributed by atoms with Crippen molar-refractivity contribution in [2.45, 2.75) is 45.6 Å². The van der Waals surface area contributed by atoms with Crippen LogP contribution in [-0.2, 0) is 0 Å². The normalized spacial score (nSPS) is 13.9. The molecule has 0 saturated heterocycles. The van der Waals surface area contributed by atoms with Gasteiger partial charge in [-0.3, -0.25) is 0 Å². The van der Waals surface area contributed by atoms with Crippen molar-refractivity contribution in [1.82, 2.24) is 5.32 Å². The van der Waals surface area contributed by atoms with Crippen molar-refractivity contribution in [2.24, 2.45) is 0 Å². The molecule has 1 aromatic carbocycles. The molecule has 1 rings (SSSR count). The van der Waals surface area contributed by atoms with Gasteiger partial charge in [-0.25, -0.2) is 4.79 Å². The number of anilines is 1. The quantitative estimate of drug-likeness (QED) is 0.760. The molecule has 1 unspecified atom stereocenters. The van der Waals surface area contributed by atoms with Crippen LogP contribution in [0.1, 0.15) is 45.6 Å². The van der Waals surface area contributed by atoms with Crippen molar-refractivity contribution in [3.8, 4) is 0 Å². The molecule has 0 saturated carbocycles. The van der Waals surface area contributed by atoms with Crippen LogP contribution in [0.3, 0.4) is 0 Å². The number of rotatable bonds is 5. The first-order chi connectivity index (χ1) is 9.31. The Morgan fingerprint density at radius 1 is 1.45 bits per heavy atom. The molecule has 0 aliphatic rings. The third kappa shape index (κ3) is 4.49. The lowest BCUT2D eigenvalue weighted by Gasteiger charge is -2.27. The zero-order valence-electron chi connectivity index (χ0n) is 12.5. The average Bonchev–Trinajstić information content (AvgIpc) is 2.40. The third-order valence-corrected chi connectivity index (χ3v) is 3.92. The minimum Gasteiger partial charge on any atom is -0.394 e. The van der Waals surface area contributed by atoms with Crippen molar-refractivity contribution < 1.29 is 9.90 Å². The molecular formula is C15H23BrN2O2. The van der Waals surface area contributed by atoms with Gasteiger partial charge in [-0.15, -0.1) is 0 Å². The number of carbonyl (C=O) groups excluding carboxylic acids is 1. The van der Waals surface area contributed by atoms with E-state index in [1.807, 2.05) is 32.0 Å². The first-order valence-electron chi connectivity index (χ1n) is 6.80. The summed E-state index contributed by atoms with van der Waals surface area (Å²) in [5, 5.41) is 15.0. The number of halogens is 1. The van der Waals surface area contributed by atoms with Crippen LogP contribution in [0.5, 0.6) is 0 Å². The summed E-state index contributed by atoms with van der Waals surface area (Å²) in [5.74, 6) is 0.304. The van der Waals surface area contributed by atoms with E-state index in [1.54, 1.807) is 0 Å². The van der Waals surface area contributed by atoms with Gasteiger partial charge in [0.25, 0.3) is 0 Å². The smallest absolute Gasteiger partial charge is 0.319 e. The van der Waals surface area contributed by atoms with Gasteiger partial charge in [0, 0.05) is 10.2 Å². The van der Waals surface area contributed by atoms with Crippen LogP contribution >= 0.6 is 15.9 Å². The largest absolute Gasteiger partial charge is 0.394 e. The topological polar surface area (TPSA) is 61.4 Å². The minimum atomic E-state index is -0.600. The molecule has 0 aliphatic carbocycles. The van der Waals surface area contributed by atoms with Gasteiger partial charge < -0.3 is 15.7 Å². The van der Waals surface area contributed by atoms with Gasteiger partial charge in [0.2, 0.25) is 0 Å². The summed E-state index contributed by atoms with van der Waals surface area (Å²) in [5.41, 5.74) is 1.26. The lowest BCUT2D eigenvalue weighted by atomic mass is 10.0. The molecule has 0 heterocycles. The van der Waals surface area contributed by atoms with Crippen molar-refractivity contribution >= 4 is 27.6 Å². The molecule has 0 fully saturated rings. The number of aliphatic hydroxyl groups is 1. The van der Waals surface area contributed by atoms with Crippen LogP contribution in [0.15, 0.2) is 22.7 Å². The molecule has 3 N–H and O–H groups in total. The molecule has 0 aromatic heterocycles. The van der Waals surface area contributed by atoms with Gasteiger partial charge in [0.1, 0.15) is 0 Å². The van der Waals surface area contributed by atoms with Crippen molar-refractivity contribution in [3.05, 3.63) is 28.2 Å². The highest BCUT2D eigenvalue weighted by molar-refractivity contribution is 9.10. The zero-order chi connectivity index (χ0) is 15.3. The van der Waals surface area contributed by atoms with Crippen LogP contribution in [0, 0.1) is 0 Å². The molecule has 4 nitrogen and oxygen atoms in total. The number of urea groups is 1. The maximum absolute atomic E-state index is 12.1. The SMILES string of the molecule is CCC(C)(CO)NC(=O)Nc1ccc(Br)cc1C(C)C. The number of hydrogen-bond donors (Lipinski definition) is 3. The lowest BCUT2D eigenvalue weighted by Crippen LogP contribution is -2.50. The Morgan fingerprint density at radius 3 is 2.60 bits per heavy atom. The molecule has 0 bridgehead atoms. The van der Waals surface area contributed by atoms with Gasteiger partial charge in [0.15, 0.2) is 0 Å². The van der Waals surface area contributed by atoms with Crippen molar-refractivity contribution in [2.75, 3.05) is 11.9 Å². The maximum atomic E-state index is 12.1. The fourth-order valence-electron chi connectivity index (χ4n) is 1.79. The second-order valence-electron chi connectivity index (χ2n) is 5.54. The van der Waals surface area contributed by atoms with Gasteiger partial charge >= 0.3 is 6.03 Å². The monoisotopic (exact) mass is 342 g/mol. The standard InChI is InChI=1S/C15H23BrN2O2/c1-5-15(4,9-19)18-14(20)17-13-7-6-11(16)8-12(13)10(2)3/h6-8,10,19H,5,9H2,1-4H3,(H2,17,18,20). The van der Waals surface area contributed by atoms with E-state index in [0.717, 1.165) is 15.7 Å². The predicted molar refractivity (Wildman–Crippen MR) is 86.2 cm³/mol. The maximum Gasteiger partial charge on any atom is 0.319 e. The summed E-state index contributed by atoms with van der Waals surface area (Å²) in [6, 6.07) is 5.48. The van der Waals surface area contributed by atoms with Gasteiger partial charge in [-0.1, -0.05) is 36.7 Å². The summed E-state index contributed by atoms with van der Waals surface area (Å²) in [6.45, 7) is 7.81. The van der Waals surface area contributed by atoms with Crippen molar-refractivity contribution in [1.29, 1.82) is 0 Å². The lowest BCUT2D eigenvalue weighted by molar-refractivity contribution is 0.172. The van der Waals surface area contributed by atoms with Crippen LogP contribution in [0.2, 0.25) is 0 Å². The highest BCUT2D eigenvalue weighted by Crippen LogP contribution is 2.27. The fraction of sp³-hybridized carbons (Fsp3) is 0.533. The molecule has 1 aromatic rings. The second-order valence-corrected chi connectivity index (χ2v) is 6.45. The summed E-state index contributed by atoms with van der Waals surface area (Å²) >= 11 is 3.44. The summed E-state index contributed by atoms with van der Waals surface area (Å²) in [7, 11) is 0. The highest BCUT2D eigenvalue weighted by Gasteiger charge is 2.23. The van der Waals surface area contributed by atoms with Crippen LogP contribution in [-0.4, -0.2) is 23.3 Å². The fourth-order valence-corrected chi connectivity index (χ4v) is 2.17. The van der Waals surface area contributed by atoms with Crippen LogP contribution in [0.25, 0.3) is 0 Å². The summed E-state index contributed by atoms with van der Waals surface area (Å²) < 4.78 is 0.987. The first-order valence-corrected chi connectivity index (χ1v) is 7.60. The Labute approximate surface area is 129 Å². The Hall–Kier alpha value is -1.07. The zero-order valence-corrected chi connectivity index (χ0v) is 14.0. The number of carbonyl (C=O) groups is 1. The Balaban J connectivity index is 2.86. The number of aliphatic hydroxyl groups excluding tert-OH is 1. The number of nitrogens with one attached hydrogen (secondary N) is 2. The second kappa shape index (κ2) is 7.09. The van der Waals surface area contributed by atoms with Crippen molar-refractivity contribution in [3.63, 3.8) is 0 Å². The van der Waals surface area contributed by atoms with E-state index in [4.69, 9.17) is 0 Å². The minimum absolute atomic E-state index is 0.0890. The number of benzene rings is 1. The van der Waals surface area contributed by atoms with Gasteiger partial charge in [-0.05, 0) is 43.0 Å². The summed E-state index contributed by atoms with van der Waals surface area (Å²) in [4.78, 5) is 12.1. The molecule has 112 valence electrons. The van der Waals surface area contributed by atoms with Crippen LogP contribution in [0.4, 0.5) is 10.5 Å². The average molecular weight is 343 g/mol. The molecule has 0 spiro atoms. The Morgan fingerprint density at radius 2 is 2.10 bits per heavy atom. The van der Waals surface area contributed by atoms with E-state index >= 15 is 0 Å². The number of amides is 2. The predicted octanol–water partition coefficient (Wildman–Crippen LogP) is 3.86. The molecular weight excluding hydrogens is 320 g/mol. The van der Waals surface area contributed by atoms with Crippen LogP contribution < -0.4 is 10.6 Å². The number of hydrogen-bond acceptors (Lipinski definition) is 2. The Bertz CT molecular complexity index is 471. The van der Waals surface area contributed by atoms with E-state index in [0.29, 0.717) is 12.3 Å². The van der Waals surface area contributed by atoms with E-state index in [9.17, 15) is 9.90 Å². The molecule has 20 heavy (non-hydrogen) atoms. The molecule has 5 heteroatoms. The highest BCUT2D eigenvalue weighted by atomic mass is 79.9. The Kier molecular flexibility index (Phi) is 6.02. The van der Waals surface area contributed by atoms with E-state index < -0.39 is 5.54 Å². The van der Waals surface area contributed by atoms with E-state index in [1.165, 1.54) is 0 Å². The molecule has 0 aliphatic heterocycles. The van der Waals surface area contributed by atoms with E-state index in [2.05, 4.69) is 40.4 Å². The molecule has 2 amide bonds. The first kappa shape index (κ1) is 17.0. The third-order valence-electron chi connectivity index (χ3n) is 3.43. The molecule has 0 radical (unpaired) electrons. The van der Waals surface area contributed by atoms with Gasteiger partial charge in [0.05, 0.1) is 12.1 Å². The van der Waals surface area contributed by atoms with Gasteiger partial charge in [-0.2, -0.15) is 0 Å². The summed E-state index contributed by atoms with van der Waals surface area (Å²) in [6.07, 6.45) is 0.661.